The van der Waals surface area contributed by atoms with Crippen LogP contribution in [0.4, 0.5) is 0 Å². The average molecular weight is 387 g/mol. The van der Waals surface area contributed by atoms with E-state index in [4.69, 9.17) is 16.6 Å². The molecule has 5 nitrogen and oxygen atoms in total. The van der Waals surface area contributed by atoms with Gasteiger partial charge in [-0.1, -0.05) is 32.4 Å². The fourth-order valence-corrected chi connectivity index (χ4v) is 4.72. The maximum Gasteiger partial charge on any atom is 0.254 e. The standard InChI is InChI=1S/C21H27ClN4O/c1-20(2,3)19-24-17-15(18(27)25-19)5-8-21(17)7-4-10-26(13-21)12-14-6-9-23-11-16(14)22/h6,9,11H,4-5,7-8,10,12-13H2,1-3H3,(H,24,25,27). The van der Waals surface area contributed by atoms with Crippen molar-refractivity contribution in [1.29, 1.82) is 0 Å². The fourth-order valence-electron chi connectivity index (χ4n) is 4.54. The summed E-state index contributed by atoms with van der Waals surface area (Å²) in [4.78, 5) is 27.3. The predicted molar refractivity (Wildman–Crippen MR) is 107 cm³/mol. The predicted octanol–water partition coefficient (Wildman–Crippen LogP) is 3.60. The van der Waals surface area contributed by atoms with Crippen LogP contribution in [0.1, 0.15) is 62.7 Å². The van der Waals surface area contributed by atoms with Crippen LogP contribution in [-0.4, -0.2) is 32.9 Å². The molecule has 1 aliphatic carbocycles. The Morgan fingerprint density at radius 2 is 2.15 bits per heavy atom. The quantitative estimate of drug-likeness (QED) is 0.856. The molecule has 3 heterocycles. The Labute approximate surface area is 165 Å². The first kappa shape index (κ1) is 18.6. The lowest BCUT2D eigenvalue weighted by atomic mass is 9.77. The number of rotatable bonds is 2. The van der Waals surface area contributed by atoms with E-state index in [1.165, 1.54) is 0 Å². The van der Waals surface area contributed by atoms with Crippen LogP contribution in [0.2, 0.25) is 5.02 Å². The zero-order chi connectivity index (χ0) is 19.2. The van der Waals surface area contributed by atoms with Gasteiger partial charge in [0.1, 0.15) is 5.82 Å². The lowest BCUT2D eigenvalue weighted by Crippen LogP contribution is -2.45. The van der Waals surface area contributed by atoms with Crippen molar-refractivity contribution in [1.82, 2.24) is 19.9 Å². The molecule has 0 amide bonds. The molecule has 27 heavy (non-hydrogen) atoms. The molecule has 1 saturated heterocycles. The van der Waals surface area contributed by atoms with Crippen LogP contribution in [0.5, 0.6) is 0 Å². The van der Waals surface area contributed by atoms with Crippen LogP contribution < -0.4 is 5.56 Å². The first-order valence-electron chi connectivity index (χ1n) is 9.73. The third-order valence-electron chi connectivity index (χ3n) is 5.99. The molecule has 2 aromatic rings. The summed E-state index contributed by atoms with van der Waals surface area (Å²) in [7, 11) is 0. The molecule has 0 radical (unpaired) electrons. The number of likely N-dealkylation sites (tertiary alicyclic amines) is 1. The number of fused-ring (bicyclic) bond motifs is 2. The number of H-pyrrole nitrogens is 1. The number of piperidine rings is 1. The number of nitrogens with zero attached hydrogens (tertiary/aromatic N) is 3. The summed E-state index contributed by atoms with van der Waals surface area (Å²) in [5, 5.41) is 0.716. The zero-order valence-electron chi connectivity index (χ0n) is 16.3. The summed E-state index contributed by atoms with van der Waals surface area (Å²) in [5.41, 5.74) is 2.92. The fraction of sp³-hybridized carbons (Fsp3) is 0.571. The van der Waals surface area contributed by atoms with E-state index in [0.29, 0.717) is 5.02 Å². The lowest BCUT2D eigenvalue weighted by Gasteiger charge is -2.41. The second kappa shape index (κ2) is 6.71. The molecular formula is C21H27ClN4O. The summed E-state index contributed by atoms with van der Waals surface area (Å²) < 4.78 is 0. The van der Waals surface area contributed by atoms with E-state index in [2.05, 4.69) is 35.6 Å². The molecule has 1 fully saturated rings. The SMILES string of the molecule is CC(C)(C)c1nc2c(c(=O)[nH]1)CCC21CCCN(Cc2ccncc2Cl)C1. The van der Waals surface area contributed by atoms with Gasteiger partial charge in [0.15, 0.2) is 0 Å². The van der Waals surface area contributed by atoms with Gasteiger partial charge in [0, 0.05) is 41.9 Å². The van der Waals surface area contributed by atoms with E-state index in [9.17, 15) is 4.79 Å². The number of halogens is 1. The molecule has 0 aromatic carbocycles. The molecular weight excluding hydrogens is 360 g/mol. The monoisotopic (exact) mass is 386 g/mol. The smallest absolute Gasteiger partial charge is 0.254 e. The molecule has 2 aromatic heterocycles. The van der Waals surface area contributed by atoms with Crippen molar-refractivity contribution in [3.05, 3.63) is 56.5 Å². The van der Waals surface area contributed by atoms with Crippen molar-refractivity contribution in [2.75, 3.05) is 13.1 Å². The maximum atomic E-state index is 12.7. The molecule has 144 valence electrons. The second-order valence-corrected chi connectivity index (χ2v) is 9.46. The van der Waals surface area contributed by atoms with Crippen LogP contribution in [0, 0.1) is 0 Å². The molecule has 1 unspecified atom stereocenters. The number of aromatic amines is 1. The van der Waals surface area contributed by atoms with E-state index in [-0.39, 0.29) is 16.4 Å². The maximum absolute atomic E-state index is 12.7. The van der Waals surface area contributed by atoms with Crippen molar-refractivity contribution in [2.45, 2.75) is 63.8 Å². The lowest BCUT2D eigenvalue weighted by molar-refractivity contribution is 0.136. The summed E-state index contributed by atoms with van der Waals surface area (Å²) >= 11 is 6.32. The first-order valence-corrected chi connectivity index (χ1v) is 10.1. The normalized spacial score (nSPS) is 23.0. The number of pyridine rings is 1. The second-order valence-electron chi connectivity index (χ2n) is 9.05. The Hall–Kier alpha value is -1.72. The van der Waals surface area contributed by atoms with Gasteiger partial charge < -0.3 is 4.98 Å². The van der Waals surface area contributed by atoms with Crippen LogP contribution in [0.3, 0.4) is 0 Å². The van der Waals surface area contributed by atoms with Gasteiger partial charge in [0.05, 0.1) is 10.7 Å². The highest BCUT2D eigenvalue weighted by molar-refractivity contribution is 6.31. The molecule has 1 N–H and O–H groups in total. The average Bonchev–Trinajstić information content (AvgIpc) is 2.95. The molecule has 0 saturated carbocycles. The summed E-state index contributed by atoms with van der Waals surface area (Å²) in [6.07, 6.45) is 7.54. The van der Waals surface area contributed by atoms with Crippen molar-refractivity contribution >= 4 is 11.6 Å². The van der Waals surface area contributed by atoms with Crippen molar-refractivity contribution in [3.63, 3.8) is 0 Å². The van der Waals surface area contributed by atoms with E-state index in [1.807, 2.05) is 6.07 Å². The van der Waals surface area contributed by atoms with Gasteiger partial charge in [-0.05, 0) is 43.9 Å². The molecule has 1 atom stereocenters. The molecule has 2 aliphatic rings. The van der Waals surface area contributed by atoms with Crippen molar-refractivity contribution in [2.24, 2.45) is 0 Å². The molecule has 1 aliphatic heterocycles. The number of hydrogen-bond donors (Lipinski definition) is 1. The van der Waals surface area contributed by atoms with Crippen LogP contribution in [0.25, 0.3) is 0 Å². The largest absolute Gasteiger partial charge is 0.310 e. The van der Waals surface area contributed by atoms with E-state index in [0.717, 1.165) is 68.0 Å². The third kappa shape index (κ3) is 3.43. The highest BCUT2D eigenvalue weighted by Crippen LogP contribution is 2.43. The summed E-state index contributed by atoms with van der Waals surface area (Å²) in [6, 6.07) is 1.99. The molecule has 0 bridgehead atoms. The van der Waals surface area contributed by atoms with Gasteiger partial charge in [-0.3, -0.25) is 14.7 Å². The highest BCUT2D eigenvalue weighted by atomic mass is 35.5. The van der Waals surface area contributed by atoms with Gasteiger partial charge in [0.2, 0.25) is 0 Å². The number of hydrogen-bond acceptors (Lipinski definition) is 4. The molecule has 1 spiro atoms. The minimum absolute atomic E-state index is 0.0125. The Morgan fingerprint density at radius 3 is 2.89 bits per heavy atom. The zero-order valence-corrected chi connectivity index (χ0v) is 17.1. The number of aromatic nitrogens is 3. The third-order valence-corrected chi connectivity index (χ3v) is 6.33. The van der Waals surface area contributed by atoms with E-state index in [1.54, 1.807) is 12.4 Å². The van der Waals surface area contributed by atoms with Crippen LogP contribution in [-0.2, 0) is 23.8 Å². The van der Waals surface area contributed by atoms with E-state index < -0.39 is 0 Å². The van der Waals surface area contributed by atoms with Crippen LogP contribution in [0.15, 0.2) is 23.3 Å². The Morgan fingerprint density at radius 1 is 1.33 bits per heavy atom. The summed E-state index contributed by atoms with van der Waals surface area (Å²) in [6.45, 7) is 9.07. The van der Waals surface area contributed by atoms with Gasteiger partial charge in [-0.2, -0.15) is 0 Å². The van der Waals surface area contributed by atoms with Crippen molar-refractivity contribution in [3.8, 4) is 0 Å². The van der Waals surface area contributed by atoms with Gasteiger partial charge in [0.25, 0.3) is 5.56 Å². The Balaban J connectivity index is 1.66. The molecule has 4 rings (SSSR count). The Kier molecular flexibility index (Phi) is 4.63. The van der Waals surface area contributed by atoms with Crippen LogP contribution >= 0.6 is 11.6 Å². The first-order chi connectivity index (χ1) is 12.8. The van der Waals surface area contributed by atoms with Gasteiger partial charge in [-0.25, -0.2) is 4.98 Å². The number of nitrogens with one attached hydrogen (secondary N) is 1. The molecule has 6 heteroatoms. The van der Waals surface area contributed by atoms with E-state index >= 15 is 0 Å². The van der Waals surface area contributed by atoms with Gasteiger partial charge >= 0.3 is 0 Å². The topological polar surface area (TPSA) is 61.9 Å². The highest BCUT2D eigenvalue weighted by Gasteiger charge is 2.45. The minimum Gasteiger partial charge on any atom is -0.310 e. The Bertz CT molecular complexity index is 917. The van der Waals surface area contributed by atoms with Crippen molar-refractivity contribution < 1.29 is 0 Å². The van der Waals surface area contributed by atoms with Gasteiger partial charge in [-0.15, -0.1) is 0 Å². The minimum atomic E-state index is -0.170. The summed E-state index contributed by atoms with van der Waals surface area (Å²) in [5.74, 6) is 0.793.